The predicted octanol–water partition coefficient (Wildman–Crippen LogP) is 3.32. The molecule has 0 fully saturated rings. The number of halogens is 4. The number of hydrogen-bond acceptors (Lipinski definition) is 6. The third-order valence-electron chi connectivity index (χ3n) is 2.47. The topological polar surface area (TPSA) is 69.6 Å². The van der Waals surface area contributed by atoms with Gasteiger partial charge < -0.3 is 4.42 Å². The summed E-state index contributed by atoms with van der Waals surface area (Å²) >= 11 is 7.00. The molecule has 22 heavy (non-hydrogen) atoms. The van der Waals surface area contributed by atoms with Crippen LogP contribution in [-0.2, 0) is 12.3 Å². The summed E-state index contributed by atoms with van der Waals surface area (Å²) in [6.07, 6.45) is -4.38. The van der Waals surface area contributed by atoms with Gasteiger partial charge in [-0.15, -0.1) is 10.2 Å². The second kappa shape index (κ2) is 5.76. The average molecular weight is 350 g/mol. The number of benzene rings is 1. The van der Waals surface area contributed by atoms with E-state index in [0.29, 0.717) is 26.1 Å². The van der Waals surface area contributed by atoms with Crippen LogP contribution < -0.4 is 0 Å². The first kappa shape index (κ1) is 15.1. The first-order chi connectivity index (χ1) is 10.4. The van der Waals surface area contributed by atoms with Crippen LogP contribution in [0.25, 0.3) is 11.1 Å². The van der Waals surface area contributed by atoms with E-state index in [-0.39, 0.29) is 11.6 Å². The number of oxazole rings is 1. The highest BCUT2D eigenvalue weighted by Gasteiger charge is 2.29. The summed E-state index contributed by atoms with van der Waals surface area (Å²) in [7, 11) is 0. The third kappa shape index (κ3) is 3.69. The predicted molar refractivity (Wildman–Crippen MR) is 72.5 cm³/mol. The van der Waals surface area contributed by atoms with E-state index < -0.39 is 12.7 Å². The monoisotopic (exact) mass is 349 g/mol. The third-order valence-corrected chi connectivity index (χ3v) is 3.53. The number of nitrogens with zero attached hydrogens (tertiary/aromatic N) is 5. The summed E-state index contributed by atoms with van der Waals surface area (Å²) in [6, 6.07) is 5.02. The highest BCUT2D eigenvalue weighted by atomic mass is 35.5. The molecule has 0 aliphatic carbocycles. The molecule has 11 heteroatoms. The van der Waals surface area contributed by atoms with Crippen molar-refractivity contribution in [3.05, 3.63) is 29.0 Å². The number of hydrogen-bond donors (Lipinski definition) is 0. The molecule has 0 spiro atoms. The molecule has 3 aromatic rings. The minimum Gasteiger partial charge on any atom is -0.431 e. The summed E-state index contributed by atoms with van der Waals surface area (Å²) in [5.41, 5.74) is 1.17. The number of fused-ring (bicyclic) bond motifs is 1. The molecule has 0 saturated heterocycles. The molecule has 0 atom stereocenters. The second-order valence-corrected chi connectivity index (χ2v) is 5.59. The van der Waals surface area contributed by atoms with E-state index in [2.05, 4.69) is 20.4 Å². The van der Waals surface area contributed by atoms with Crippen LogP contribution in [0.4, 0.5) is 13.2 Å². The number of rotatable bonds is 4. The molecule has 0 unspecified atom stereocenters. The first-order valence-electron chi connectivity index (χ1n) is 5.91. The fraction of sp³-hybridized carbons (Fsp3) is 0.273. The molecule has 2 aromatic heterocycles. The summed E-state index contributed by atoms with van der Waals surface area (Å²) < 4.78 is 42.0. The smallest absolute Gasteiger partial charge is 0.409 e. The van der Waals surface area contributed by atoms with E-state index in [1.54, 1.807) is 18.2 Å². The molecule has 6 nitrogen and oxygen atoms in total. The Morgan fingerprint density at radius 1 is 1.32 bits per heavy atom. The molecule has 0 aliphatic rings. The normalized spacial score (nSPS) is 12.2. The Morgan fingerprint density at radius 3 is 2.91 bits per heavy atom. The van der Waals surface area contributed by atoms with Gasteiger partial charge in [-0.25, -0.2) is 4.98 Å². The van der Waals surface area contributed by atoms with Gasteiger partial charge in [0.1, 0.15) is 5.52 Å². The fourth-order valence-electron chi connectivity index (χ4n) is 1.63. The van der Waals surface area contributed by atoms with E-state index in [1.807, 2.05) is 0 Å². The van der Waals surface area contributed by atoms with Crippen molar-refractivity contribution in [2.24, 2.45) is 0 Å². The summed E-state index contributed by atoms with van der Waals surface area (Å²) in [5.74, 6) is 0.354. The number of thioether (sulfide) groups is 1. The van der Waals surface area contributed by atoms with Gasteiger partial charge in [0.15, 0.2) is 18.0 Å². The maximum absolute atomic E-state index is 12.2. The van der Waals surface area contributed by atoms with E-state index >= 15 is 0 Å². The van der Waals surface area contributed by atoms with Gasteiger partial charge in [0.05, 0.1) is 5.75 Å². The van der Waals surface area contributed by atoms with Gasteiger partial charge in [0, 0.05) is 5.02 Å². The lowest BCUT2D eigenvalue weighted by molar-refractivity contribution is -0.145. The maximum Gasteiger partial charge on any atom is 0.409 e. The van der Waals surface area contributed by atoms with Gasteiger partial charge in [-0.3, -0.25) is 0 Å². The number of aromatic nitrogens is 5. The van der Waals surface area contributed by atoms with Crippen molar-refractivity contribution >= 4 is 34.5 Å². The standard InChI is InChI=1S/C11H7ClF3N5OS/c12-6-1-2-8-7(3-6)16-10(21-8)22-4-9-17-19-20(18-9)5-11(13,14)15/h1-3H,4-5H2. The van der Waals surface area contributed by atoms with Crippen molar-refractivity contribution in [3.63, 3.8) is 0 Å². The quantitative estimate of drug-likeness (QED) is 0.673. The lowest BCUT2D eigenvalue weighted by Crippen LogP contribution is -2.19. The van der Waals surface area contributed by atoms with Crippen LogP contribution in [0.3, 0.4) is 0 Å². The Bertz CT molecular complexity index is 802. The Hall–Kier alpha value is -1.81. The van der Waals surface area contributed by atoms with Gasteiger partial charge in [0.2, 0.25) is 0 Å². The molecule has 0 saturated carbocycles. The molecule has 2 heterocycles. The summed E-state index contributed by atoms with van der Waals surface area (Å²) in [6.45, 7) is -1.27. The van der Waals surface area contributed by atoms with Crippen molar-refractivity contribution in [2.75, 3.05) is 0 Å². The largest absolute Gasteiger partial charge is 0.431 e. The van der Waals surface area contributed by atoms with Gasteiger partial charge in [0.25, 0.3) is 5.22 Å². The Morgan fingerprint density at radius 2 is 2.14 bits per heavy atom. The van der Waals surface area contributed by atoms with Gasteiger partial charge in [-0.2, -0.15) is 18.0 Å². The van der Waals surface area contributed by atoms with Crippen molar-refractivity contribution < 1.29 is 17.6 Å². The van der Waals surface area contributed by atoms with Gasteiger partial charge in [-0.05, 0) is 23.4 Å². The Kier molecular flexibility index (Phi) is 3.96. The van der Waals surface area contributed by atoms with E-state index in [0.717, 1.165) is 11.8 Å². The van der Waals surface area contributed by atoms with Crippen LogP contribution in [0.2, 0.25) is 5.02 Å². The fourth-order valence-corrected chi connectivity index (χ4v) is 2.48. The highest BCUT2D eigenvalue weighted by molar-refractivity contribution is 7.98. The molecule has 3 rings (SSSR count). The molecule has 0 bridgehead atoms. The van der Waals surface area contributed by atoms with Crippen LogP contribution in [0.1, 0.15) is 5.82 Å². The second-order valence-electron chi connectivity index (χ2n) is 4.23. The average Bonchev–Trinajstić information content (AvgIpc) is 3.00. The van der Waals surface area contributed by atoms with Crippen molar-refractivity contribution in [1.29, 1.82) is 0 Å². The van der Waals surface area contributed by atoms with Crippen LogP contribution in [0, 0.1) is 0 Å². The lowest BCUT2D eigenvalue weighted by Gasteiger charge is -2.02. The molecule has 0 amide bonds. The Labute approximate surface area is 130 Å². The van der Waals surface area contributed by atoms with E-state index in [1.165, 1.54) is 0 Å². The molecular weight excluding hydrogens is 343 g/mol. The zero-order valence-corrected chi connectivity index (χ0v) is 12.3. The van der Waals surface area contributed by atoms with Crippen LogP contribution in [0.5, 0.6) is 0 Å². The highest BCUT2D eigenvalue weighted by Crippen LogP contribution is 2.27. The van der Waals surface area contributed by atoms with Crippen LogP contribution >= 0.6 is 23.4 Å². The number of tetrazole rings is 1. The van der Waals surface area contributed by atoms with E-state index in [4.69, 9.17) is 16.0 Å². The lowest BCUT2D eigenvalue weighted by atomic mass is 10.3. The molecule has 1 aromatic carbocycles. The first-order valence-corrected chi connectivity index (χ1v) is 7.28. The number of alkyl halides is 3. The SMILES string of the molecule is FC(F)(F)Cn1nnc(CSc2nc3cc(Cl)ccc3o2)n1. The van der Waals surface area contributed by atoms with Crippen LogP contribution in [-0.4, -0.2) is 31.4 Å². The molecule has 0 radical (unpaired) electrons. The summed E-state index contributed by atoms with van der Waals surface area (Å²) in [4.78, 5) is 4.71. The minimum atomic E-state index is -4.38. The molecule has 116 valence electrons. The van der Waals surface area contributed by atoms with Crippen molar-refractivity contribution in [1.82, 2.24) is 25.2 Å². The van der Waals surface area contributed by atoms with Crippen LogP contribution in [0.15, 0.2) is 27.8 Å². The van der Waals surface area contributed by atoms with Crippen molar-refractivity contribution in [3.8, 4) is 0 Å². The van der Waals surface area contributed by atoms with Crippen molar-refractivity contribution in [2.45, 2.75) is 23.7 Å². The zero-order chi connectivity index (χ0) is 15.7. The molecule has 0 aliphatic heterocycles. The zero-order valence-electron chi connectivity index (χ0n) is 10.7. The van der Waals surface area contributed by atoms with Gasteiger partial charge in [-0.1, -0.05) is 23.4 Å². The maximum atomic E-state index is 12.2. The van der Waals surface area contributed by atoms with E-state index in [9.17, 15) is 13.2 Å². The molecular formula is C11H7ClF3N5OS. The summed E-state index contributed by atoms with van der Waals surface area (Å²) in [5, 5.41) is 11.4. The minimum absolute atomic E-state index is 0.162. The Balaban J connectivity index is 1.66. The van der Waals surface area contributed by atoms with Gasteiger partial charge >= 0.3 is 6.18 Å². The molecule has 0 N–H and O–H groups in total.